The molecule has 0 unspecified atom stereocenters. The molecule has 0 spiro atoms. The molecule has 0 saturated carbocycles. The van der Waals surface area contributed by atoms with Crippen molar-refractivity contribution in [3.8, 4) is 0 Å². The van der Waals surface area contributed by atoms with Gasteiger partial charge in [0.05, 0.1) is 16.3 Å². The summed E-state index contributed by atoms with van der Waals surface area (Å²) in [5.41, 5.74) is 0.779. The summed E-state index contributed by atoms with van der Waals surface area (Å²) < 4.78 is 1.75. The lowest BCUT2D eigenvalue weighted by Crippen LogP contribution is -2.12. The number of aryl methyl sites for hydroxylation is 1. The highest BCUT2D eigenvalue weighted by Crippen LogP contribution is 2.37. The van der Waals surface area contributed by atoms with Crippen LogP contribution in [0, 0.1) is 0 Å². The highest BCUT2D eigenvalue weighted by atomic mass is 35.5. The number of nitrogens with zero attached hydrogens (tertiary/aromatic N) is 3. The van der Waals surface area contributed by atoms with Crippen molar-refractivity contribution in [2.75, 3.05) is 5.32 Å². The second-order valence-electron chi connectivity index (χ2n) is 3.94. The summed E-state index contributed by atoms with van der Waals surface area (Å²) in [5.74, 6) is -1.20. The first kappa shape index (κ1) is 12.2. The van der Waals surface area contributed by atoms with Gasteiger partial charge < -0.3 is 9.88 Å². The van der Waals surface area contributed by atoms with E-state index in [-0.39, 0.29) is 0 Å². The molecule has 0 aliphatic carbocycles. The number of halogens is 1. The molecule has 3 rings (SSSR count). The van der Waals surface area contributed by atoms with E-state index >= 15 is 0 Å². The SMILES string of the molecule is Cn1cnnc1Sc1cc2c(cc1Cl)C(=O)C(=O)N2. The summed E-state index contributed by atoms with van der Waals surface area (Å²) in [6.45, 7) is 0. The van der Waals surface area contributed by atoms with Gasteiger partial charge in [-0.05, 0) is 23.9 Å². The van der Waals surface area contributed by atoms with E-state index in [4.69, 9.17) is 11.6 Å². The average molecular weight is 295 g/mol. The maximum Gasteiger partial charge on any atom is 0.296 e. The molecule has 19 heavy (non-hydrogen) atoms. The molecule has 6 nitrogen and oxygen atoms in total. The minimum Gasteiger partial charge on any atom is -0.318 e. The number of ketones is 1. The summed E-state index contributed by atoms with van der Waals surface area (Å²) >= 11 is 7.43. The van der Waals surface area contributed by atoms with Gasteiger partial charge in [0.2, 0.25) is 0 Å². The van der Waals surface area contributed by atoms with Crippen molar-refractivity contribution in [3.05, 3.63) is 29.0 Å². The second-order valence-corrected chi connectivity index (χ2v) is 5.35. The minimum atomic E-state index is -0.633. The number of nitrogens with one attached hydrogen (secondary N) is 1. The lowest BCUT2D eigenvalue weighted by Gasteiger charge is -2.05. The van der Waals surface area contributed by atoms with Gasteiger partial charge in [-0.3, -0.25) is 9.59 Å². The number of hydrogen-bond acceptors (Lipinski definition) is 5. The standard InChI is InChI=1S/C11H7ClN4O2S/c1-16-4-13-15-11(16)19-8-3-7-5(2-6(8)12)9(17)10(18)14-7/h2-4H,1H3,(H,14,17,18). The average Bonchev–Trinajstić information content (AvgIpc) is 2.88. The smallest absolute Gasteiger partial charge is 0.296 e. The Morgan fingerprint density at radius 3 is 2.84 bits per heavy atom. The lowest BCUT2D eigenvalue weighted by atomic mass is 10.1. The fourth-order valence-electron chi connectivity index (χ4n) is 1.69. The molecule has 0 atom stereocenters. The van der Waals surface area contributed by atoms with Crippen LogP contribution in [0.2, 0.25) is 5.02 Å². The molecule has 0 bridgehead atoms. The summed E-state index contributed by atoms with van der Waals surface area (Å²) in [5, 5.41) is 11.3. The van der Waals surface area contributed by atoms with E-state index < -0.39 is 11.7 Å². The summed E-state index contributed by atoms with van der Waals surface area (Å²) in [7, 11) is 1.81. The molecule has 2 heterocycles. The van der Waals surface area contributed by atoms with Crippen LogP contribution >= 0.6 is 23.4 Å². The van der Waals surface area contributed by atoms with Gasteiger partial charge in [0.15, 0.2) is 5.16 Å². The monoisotopic (exact) mass is 294 g/mol. The minimum absolute atomic E-state index is 0.303. The Balaban J connectivity index is 2.01. The molecule has 1 aliphatic heterocycles. The van der Waals surface area contributed by atoms with Crippen LogP contribution in [0.4, 0.5) is 5.69 Å². The molecule has 1 amide bonds. The number of aromatic nitrogens is 3. The predicted octanol–water partition coefficient (Wildman–Crippen LogP) is 1.75. The van der Waals surface area contributed by atoms with Crippen molar-refractivity contribution in [3.63, 3.8) is 0 Å². The Labute approximate surface area is 117 Å². The molecule has 8 heteroatoms. The number of benzene rings is 1. The molecular formula is C11H7ClN4O2S. The molecule has 1 aliphatic rings. The molecule has 0 radical (unpaired) electrons. The predicted molar refractivity (Wildman–Crippen MR) is 69.5 cm³/mol. The highest BCUT2D eigenvalue weighted by molar-refractivity contribution is 7.99. The van der Waals surface area contributed by atoms with E-state index in [2.05, 4.69) is 15.5 Å². The van der Waals surface area contributed by atoms with Crippen LogP contribution in [0.3, 0.4) is 0 Å². The van der Waals surface area contributed by atoms with Crippen LogP contribution in [0.1, 0.15) is 10.4 Å². The third-order valence-corrected chi connectivity index (χ3v) is 4.18. The van der Waals surface area contributed by atoms with Gasteiger partial charge >= 0.3 is 0 Å². The van der Waals surface area contributed by atoms with Gasteiger partial charge in [-0.1, -0.05) is 11.6 Å². The van der Waals surface area contributed by atoms with E-state index in [9.17, 15) is 9.59 Å². The number of rotatable bonds is 2. The van der Waals surface area contributed by atoms with Gasteiger partial charge in [-0.15, -0.1) is 10.2 Å². The molecule has 96 valence electrons. The van der Waals surface area contributed by atoms with Crippen molar-refractivity contribution in [2.24, 2.45) is 7.05 Å². The van der Waals surface area contributed by atoms with Crippen LogP contribution in [0.25, 0.3) is 0 Å². The van der Waals surface area contributed by atoms with Crippen LogP contribution in [-0.4, -0.2) is 26.5 Å². The van der Waals surface area contributed by atoms with Crippen LogP contribution in [0.15, 0.2) is 28.5 Å². The largest absolute Gasteiger partial charge is 0.318 e. The van der Waals surface area contributed by atoms with E-state index in [0.717, 1.165) is 0 Å². The zero-order valence-electron chi connectivity index (χ0n) is 9.68. The molecule has 0 saturated heterocycles. The highest BCUT2D eigenvalue weighted by Gasteiger charge is 2.29. The van der Waals surface area contributed by atoms with Crippen LogP contribution in [0.5, 0.6) is 0 Å². The summed E-state index contributed by atoms with van der Waals surface area (Å²) in [4.78, 5) is 23.5. The summed E-state index contributed by atoms with van der Waals surface area (Å²) in [6, 6.07) is 3.16. The number of Topliss-reactive ketones (excluding diaryl/α,β-unsaturated/α-hetero) is 1. The maximum absolute atomic E-state index is 11.5. The van der Waals surface area contributed by atoms with Crippen molar-refractivity contribution < 1.29 is 9.59 Å². The maximum atomic E-state index is 11.5. The molecule has 2 aromatic rings. The summed E-state index contributed by atoms with van der Waals surface area (Å²) in [6.07, 6.45) is 1.58. The third kappa shape index (κ3) is 2.00. The van der Waals surface area contributed by atoms with Crippen molar-refractivity contribution in [1.82, 2.24) is 14.8 Å². The quantitative estimate of drug-likeness (QED) is 0.854. The first-order valence-corrected chi connectivity index (χ1v) is 6.47. The fourth-order valence-corrected chi connectivity index (χ4v) is 2.78. The fraction of sp³-hybridized carbons (Fsp3) is 0.0909. The van der Waals surface area contributed by atoms with E-state index in [0.29, 0.717) is 26.3 Å². The third-order valence-electron chi connectivity index (χ3n) is 2.64. The van der Waals surface area contributed by atoms with Crippen LogP contribution < -0.4 is 5.32 Å². The molecule has 1 N–H and O–H groups in total. The number of carbonyl (C=O) groups is 2. The Morgan fingerprint density at radius 2 is 2.16 bits per heavy atom. The van der Waals surface area contributed by atoms with Gasteiger partial charge in [0.25, 0.3) is 11.7 Å². The van der Waals surface area contributed by atoms with Gasteiger partial charge in [0, 0.05) is 11.9 Å². The number of hydrogen-bond donors (Lipinski definition) is 1. The number of anilines is 1. The van der Waals surface area contributed by atoms with Crippen molar-refractivity contribution in [1.29, 1.82) is 0 Å². The van der Waals surface area contributed by atoms with Crippen LogP contribution in [-0.2, 0) is 11.8 Å². The molecule has 1 aromatic heterocycles. The molecular weight excluding hydrogens is 288 g/mol. The Morgan fingerprint density at radius 1 is 1.37 bits per heavy atom. The van der Waals surface area contributed by atoms with Crippen molar-refractivity contribution in [2.45, 2.75) is 10.1 Å². The molecule has 1 aromatic carbocycles. The first-order valence-electron chi connectivity index (χ1n) is 5.27. The number of fused-ring (bicyclic) bond motifs is 1. The Hall–Kier alpha value is -1.86. The van der Waals surface area contributed by atoms with E-state index in [1.54, 1.807) is 17.0 Å². The topological polar surface area (TPSA) is 76.9 Å². The van der Waals surface area contributed by atoms with Gasteiger partial charge in [-0.25, -0.2) is 0 Å². The zero-order chi connectivity index (χ0) is 13.6. The van der Waals surface area contributed by atoms with E-state index in [1.165, 1.54) is 17.8 Å². The van der Waals surface area contributed by atoms with E-state index in [1.807, 2.05) is 7.05 Å². The van der Waals surface area contributed by atoms with Crippen molar-refractivity contribution >= 4 is 40.7 Å². The lowest BCUT2D eigenvalue weighted by molar-refractivity contribution is -0.112. The van der Waals surface area contributed by atoms with Gasteiger partial charge in [0.1, 0.15) is 6.33 Å². The zero-order valence-corrected chi connectivity index (χ0v) is 11.2. The normalized spacial score (nSPS) is 13.6. The molecule has 0 fully saturated rings. The number of amides is 1. The first-order chi connectivity index (χ1) is 9.06. The Kier molecular flexibility index (Phi) is 2.79. The van der Waals surface area contributed by atoms with Gasteiger partial charge in [-0.2, -0.15) is 0 Å². The second kappa shape index (κ2) is 4.36. The Bertz CT molecular complexity index is 713. The number of carbonyl (C=O) groups excluding carboxylic acids is 2.